The van der Waals surface area contributed by atoms with Gasteiger partial charge in [-0.25, -0.2) is 13.6 Å². The van der Waals surface area contributed by atoms with E-state index in [-0.39, 0.29) is 18.3 Å². The first-order chi connectivity index (χ1) is 11.4. The normalized spacial score (nSPS) is 25.9. The Morgan fingerprint density at radius 3 is 2.54 bits per heavy atom. The van der Waals surface area contributed by atoms with Gasteiger partial charge in [-0.05, 0) is 19.2 Å². The number of β-amino-alcohol motifs (C(OH)–C–C–N with tert-alkyl or cyclic N) is 1. The number of benzene rings is 1. The smallest absolute Gasteiger partial charge is 0.321 e. The van der Waals surface area contributed by atoms with Crippen molar-refractivity contribution in [2.45, 2.75) is 12.1 Å². The molecular weight excluding hydrogens is 318 g/mol. The van der Waals surface area contributed by atoms with Crippen molar-refractivity contribution >= 4 is 11.7 Å². The summed E-state index contributed by atoms with van der Waals surface area (Å²) in [5.74, 6) is -1.97. The number of carbonyl (C=O) groups excluding carboxylic acids is 1. The first-order valence-electron chi connectivity index (χ1n) is 8.05. The van der Waals surface area contributed by atoms with E-state index < -0.39 is 23.8 Å². The van der Waals surface area contributed by atoms with E-state index in [1.807, 2.05) is 0 Å². The molecule has 2 atom stereocenters. The molecule has 24 heavy (non-hydrogen) atoms. The van der Waals surface area contributed by atoms with E-state index in [4.69, 9.17) is 0 Å². The molecule has 2 saturated heterocycles. The van der Waals surface area contributed by atoms with Crippen LogP contribution in [0.5, 0.6) is 0 Å². The Balaban J connectivity index is 1.59. The Labute approximate surface area is 139 Å². The zero-order valence-corrected chi connectivity index (χ0v) is 13.6. The number of aliphatic hydroxyl groups excluding tert-OH is 1. The van der Waals surface area contributed by atoms with E-state index >= 15 is 0 Å². The average Bonchev–Trinajstić information content (AvgIpc) is 2.94. The number of likely N-dealkylation sites (tertiary alicyclic amines) is 1. The largest absolute Gasteiger partial charge is 0.390 e. The molecule has 8 heteroatoms. The van der Waals surface area contributed by atoms with Crippen LogP contribution < -0.4 is 5.32 Å². The van der Waals surface area contributed by atoms with Crippen LogP contribution in [0.4, 0.5) is 19.3 Å². The zero-order chi connectivity index (χ0) is 17.3. The number of aliphatic hydroxyl groups is 1. The quantitative estimate of drug-likeness (QED) is 0.836. The molecule has 2 heterocycles. The highest BCUT2D eigenvalue weighted by Gasteiger charge is 2.38. The van der Waals surface area contributed by atoms with Crippen molar-refractivity contribution < 1.29 is 18.7 Å². The number of urea groups is 1. The number of carbonyl (C=O) groups is 1. The number of hydrogen-bond donors (Lipinski definition) is 2. The summed E-state index contributed by atoms with van der Waals surface area (Å²) in [5, 5.41) is 12.8. The molecule has 0 aromatic heterocycles. The van der Waals surface area contributed by atoms with Crippen LogP contribution in [0.2, 0.25) is 0 Å². The third-order valence-electron chi connectivity index (χ3n) is 4.72. The van der Waals surface area contributed by atoms with Crippen LogP contribution in [0.25, 0.3) is 0 Å². The van der Waals surface area contributed by atoms with Gasteiger partial charge in [-0.3, -0.25) is 4.90 Å². The van der Waals surface area contributed by atoms with Crippen molar-refractivity contribution in [3.05, 3.63) is 29.8 Å². The van der Waals surface area contributed by atoms with Gasteiger partial charge in [0, 0.05) is 44.5 Å². The summed E-state index contributed by atoms with van der Waals surface area (Å²) >= 11 is 0. The van der Waals surface area contributed by atoms with Gasteiger partial charge < -0.3 is 20.2 Å². The molecular formula is C16H22F2N4O2. The summed E-state index contributed by atoms with van der Waals surface area (Å²) in [6.07, 6.45) is -0.607. The standard InChI is InChI=1S/C16H22F2N4O2/c1-20-4-6-21(7-5-20)14-9-22(10-15(14)23)16(24)19-11-2-3-12(17)13(18)8-11/h2-3,8,14-15,23H,4-7,9-10H2,1H3,(H,19,24)/t14-,15-/m1/s1. The van der Waals surface area contributed by atoms with Gasteiger partial charge >= 0.3 is 6.03 Å². The van der Waals surface area contributed by atoms with Crippen LogP contribution in [0.3, 0.4) is 0 Å². The van der Waals surface area contributed by atoms with E-state index in [1.54, 1.807) is 0 Å². The number of anilines is 1. The fraction of sp³-hybridized carbons (Fsp3) is 0.562. The molecule has 2 amide bonds. The van der Waals surface area contributed by atoms with Gasteiger partial charge in [-0.2, -0.15) is 0 Å². The number of piperazine rings is 1. The highest BCUT2D eigenvalue weighted by Crippen LogP contribution is 2.20. The van der Waals surface area contributed by atoms with Crippen LogP contribution in [-0.4, -0.2) is 84.3 Å². The monoisotopic (exact) mass is 340 g/mol. The number of nitrogens with zero attached hydrogens (tertiary/aromatic N) is 3. The van der Waals surface area contributed by atoms with Crippen LogP contribution in [0.15, 0.2) is 18.2 Å². The highest BCUT2D eigenvalue weighted by atomic mass is 19.2. The van der Waals surface area contributed by atoms with Crippen molar-refractivity contribution in [2.24, 2.45) is 0 Å². The minimum Gasteiger partial charge on any atom is -0.390 e. The molecule has 0 unspecified atom stereocenters. The van der Waals surface area contributed by atoms with E-state index in [0.717, 1.165) is 38.3 Å². The van der Waals surface area contributed by atoms with Crippen LogP contribution in [0.1, 0.15) is 0 Å². The maximum atomic E-state index is 13.2. The fourth-order valence-corrected chi connectivity index (χ4v) is 3.22. The molecule has 2 aliphatic rings. The number of hydrogen-bond acceptors (Lipinski definition) is 4. The lowest BCUT2D eigenvalue weighted by molar-refractivity contribution is 0.0512. The van der Waals surface area contributed by atoms with E-state index in [9.17, 15) is 18.7 Å². The number of halogens is 2. The molecule has 1 aromatic carbocycles. The highest BCUT2D eigenvalue weighted by molar-refractivity contribution is 5.89. The van der Waals surface area contributed by atoms with E-state index in [2.05, 4.69) is 22.2 Å². The maximum Gasteiger partial charge on any atom is 0.321 e. The van der Waals surface area contributed by atoms with Crippen molar-refractivity contribution in [1.29, 1.82) is 0 Å². The predicted octanol–water partition coefficient (Wildman–Crippen LogP) is 0.789. The fourth-order valence-electron chi connectivity index (χ4n) is 3.22. The van der Waals surface area contributed by atoms with E-state index in [0.29, 0.717) is 6.54 Å². The molecule has 0 spiro atoms. The van der Waals surface area contributed by atoms with Crippen LogP contribution >= 0.6 is 0 Å². The van der Waals surface area contributed by atoms with Gasteiger partial charge in [0.1, 0.15) is 0 Å². The number of likely N-dealkylation sites (N-methyl/N-ethyl adjacent to an activating group) is 1. The molecule has 0 bridgehead atoms. The van der Waals surface area contributed by atoms with Crippen LogP contribution in [0, 0.1) is 11.6 Å². The molecule has 0 saturated carbocycles. The molecule has 1 aromatic rings. The summed E-state index contributed by atoms with van der Waals surface area (Å²) in [4.78, 5) is 18.2. The Bertz CT molecular complexity index is 608. The topological polar surface area (TPSA) is 59.0 Å². The predicted molar refractivity (Wildman–Crippen MR) is 85.8 cm³/mol. The van der Waals surface area contributed by atoms with Gasteiger partial charge in [0.2, 0.25) is 0 Å². The third kappa shape index (κ3) is 3.66. The zero-order valence-electron chi connectivity index (χ0n) is 13.6. The molecule has 2 aliphatic heterocycles. The summed E-state index contributed by atoms with van der Waals surface area (Å²) in [6.45, 7) is 4.23. The first kappa shape index (κ1) is 17.1. The van der Waals surface area contributed by atoms with Gasteiger partial charge in [-0.1, -0.05) is 0 Å². The van der Waals surface area contributed by atoms with Gasteiger partial charge in [-0.15, -0.1) is 0 Å². The Kier molecular flexibility index (Phi) is 4.98. The minimum atomic E-state index is -1.01. The maximum absolute atomic E-state index is 13.2. The number of amides is 2. The molecule has 2 N–H and O–H groups in total. The van der Waals surface area contributed by atoms with Crippen LogP contribution in [-0.2, 0) is 0 Å². The second-order valence-electron chi connectivity index (χ2n) is 6.44. The lowest BCUT2D eigenvalue weighted by Gasteiger charge is -2.37. The van der Waals surface area contributed by atoms with Crippen molar-refractivity contribution in [1.82, 2.24) is 14.7 Å². The van der Waals surface area contributed by atoms with Gasteiger partial charge in [0.05, 0.1) is 18.7 Å². The third-order valence-corrected chi connectivity index (χ3v) is 4.72. The van der Waals surface area contributed by atoms with Crippen molar-refractivity contribution in [3.8, 4) is 0 Å². The molecule has 0 radical (unpaired) electrons. The molecule has 6 nitrogen and oxygen atoms in total. The first-order valence-corrected chi connectivity index (χ1v) is 8.05. The summed E-state index contributed by atoms with van der Waals surface area (Å²) in [7, 11) is 2.06. The number of nitrogens with one attached hydrogen (secondary N) is 1. The Morgan fingerprint density at radius 1 is 1.17 bits per heavy atom. The lowest BCUT2D eigenvalue weighted by Crippen LogP contribution is -2.52. The van der Waals surface area contributed by atoms with Crippen molar-refractivity contribution in [2.75, 3.05) is 51.6 Å². The number of rotatable bonds is 2. The molecule has 3 rings (SSSR count). The van der Waals surface area contributed by atoms with Crippen molar-refractivity contribution in [3.63, 3.8) is 0 Å². The van der Waals surface area contributed by atoms with Gasteiger partial charge in [0.15, 0.2) is 11.6 Å². The lowest BCUT2D eigenvalue weighted by atomic mass is 10.1. The summed E-state index contributed by atoms with van der Waals surface area (Å²) < 4.78 is 26.1. The summed E-state index contributed by atoms with van der Waals surface area (Å²) in [6, 6.07) is 2.71. The Hall–Kier alpha value is -1.77. The average molecular weight is 340 g/mol. The van der Waals surface area contributed by atoms with E-state index in [1.165, 1.54) is 11.0 Å². The summed E-state index contributed by atoms with van der Waals surface area (Å²) in [5.41, 5.74) is 0.191. The minimum absolute atomic E-state index is 0.0885. The molecule has 2 fully saturated rings. The van der Waals surface area contributed by atoms with Gasteiger partial charge in [0.25, 0.3) is 0 Å². The second-order valence-corrected chi connectivity index (χ2v) is 6.44. The Morgan fingerprint density at radius 2 is 1.88 bits per heavy atom. The second kappa shape index (κ2) is 7.00. The molecule has 0 aliphatic carbocycles. The molecule has 132 valence electrons. The SMILES string of the molecule is CN1CCN([C@@H]2CN(C(=O)Nc3ccc(F)c(F)c3)C[C@H]2O)CC1.